The van der Waals surface area contributed by atoms with E-state index in [0.29, 0.717) is 5.82 Å². The highest BCUT2D eigenvalue weighted by Crippen LogP contribution is 2.30. The quantitative estimate of drug-likeness (QED) is 0.488. The number of H-pyrrole nitrogens is 1. The monoisotopic (exact) mass is 363 g/mol. The van der Waals surface area contributed by atoms with Gasteiger partial charge in [-0.05, 0) is 39.6 Å². The van der Waals surface area contributed by atoms with Gasteiger partial charge >= 0.3 is 0 Å². The minimum atomic E-state index is -0.133. The molecule has 0 aliphatic carbocycles. The Morgan fingerprint density at radius 3 is 2.32 bits per heavy atom. The third-order valence-electron chi connectivity index (χ3n) is 4.90. The first-order chi connectivity index (χ1) is 13.8. The molecule has 0 bridgehead atoms. The highest BCUT2D eigenvalue weighted by Gasteiger charge is 2.09. The molecule has 0 aliphatic rings. The molecule has 0 fully saturated rings. The first kappa shape index (κ1) is 16.3. The molecule has 5 aromatic rings. The minimum absolute atomic E-state index is 0.133. The fourth-order valence-corrected chi connectivity index (χ4v) is 3.51. The van der Waals surface area contributed by atoms with Gasteiger partial charge < -0.3 is 0 Å². The molecule has 0 radical (unpaired) electrons. The Morgan fingerprint density at radius 1 is 0.750 bits per heavy atom. The molecule has 0 unspecified atom stereocenters. The van der Waals surface area contributed by atoms with Gasteiger partial charge in [-0.2, -0.15) is 0 Å². The van der Waals surface area contributed by atoms with Crippen LogP contribution in [0.15, 0.2) is 102 Å². The predicted molar refractivity (Wildman–Crippen MR) is 113 cm³/mol. The fraction of sp³-hybridized carbons (Fsp3) is 0. The number of nitrogens with zero attached hydrogens (tertiary/aromatic N) is 2. The summed E-state index contributed by atoms with van der Waals surface area (Å²) in [6.07, 6.45) is 1.67. The van der Waals surface area contributed by atoms with Crippen molar-refractivity contribution in [3.63, 3.8) is 0 Å². The van der Waals surface area contributed by atoms with Crippen molar-refractivity contribution in [3.8, 4) is 28.2 Å². The summed E-state index contributed by atoms with van der Waals surface area (Å²) in [4.78, 5) is 16.6. The molecular weight excluding hydrogens is 346 g/mol. The maximum Gasteiger partial charge on any atom is 0.273 e. The smallest absolute Gasteiger partial charge is 0.273 e. The van der Waals surface area contributed by atoms with E-state index in [1.54, 1.807) is 18.3 Å². The van der Waals surface area contributed by atoms with Crippen LogP contribution in [0, 0.1) is 0 Å². The molecule has 0 atom stereocenters. The van der Waals surface area contributed by atoms with Crippen LogP contribution in [0.4, 0.5) is 0 Å². The van der Waals surface area contributed by atoms with E-state index in [1.807, 2.05) is 24.3 Å². The van der Waals surface area contributed by atoms with Gasteiger partial charge in [0.2, 0.25) is 0 Å². The van der Waals surface area contributed by atoms with Crippen LogP contribution in [0.5, 0.6) is 0 Å². The topological polar surface area (TPSA) is 50.7 Å². The van der Waals surface area contributed by atoms with Gasteiger partial charge in [-0.15, -0.1) is 0 Å². The molecule has 2 heterocycles. The highest BCUT2D eigenvalue weighted by molar-refractivity contribution is 5.96. The summed E-state index contributed by atoms with van der Waals surface area (Å²) in [6, 6.07) is 30.0. The zero-order chi connectivity index (χ0) is 18.9. The average Bonchev–Trinajstić information content (AvgIpc) is 3.16. The minimum Gasteiger partial charge on any atom is -0.289 e. The number of hydrogen-bond acceptors (Lipinski definition) is 2. The molecular formula is C24H17N3O. The van der Waals surface area contributed by atoms with Crippen molar-refractivity contribution in [2.45, 2.75) is 0 Å². The second-order valence-corrected chi connectivity index (χ2v) is 6.64. The van der Waals surface area contributed by atoms with Crippen molar-refractivity contribution in [2.75, 3.05) is 0 Å². The van der Waals surface area contributed by atoms with Gasteiger partial charge in [0.1, 0.15) is 0 Å². The summed E-state index contributed by atoms with van der Waals surface area (Å²) in [5, 5.41) is 5.60. The Morgan fingerprint density at radius 2 is 1.50 bits per heavy atom. The lowest BCUT2D eigenvalue weighted by molar-refractivity contribution is 0.822. The summed E-state index contributed by atoms with van der Waals surface area (Å²) in [7, 11) is 0. The van der Waals surface area contributed by atoms with E-state index < -0.39 is 0 Å². The summed E-state index contributed by atoms with van der Waals surface area (Å²) in [6.45, 7) is 0. The van der Waals surface area contributed by atoms with Crippen molar-refractivity contribution in [1.82, 2.24) is 14.8 Å². The van der Waals surface area contributed by atoms with Crippen molar-refractivity contribution in [1.29, 1.82) is 0 Å². The lowest BCUT2D eigenvalue weighted by Crippen LogP contribution is -2.14. The van der Waals surface area contributed by atoms with Gasteiger partial charge in [0, 0.05) is 12.3 Å². The Hall–Kier alpha value is -3.92. The van der Waals surface area contributed by atoms with E-state index in [2.05, 4.69) is 64.7 Å². The molecule has 0 saturated carbocycles. The first-order valence-corrected chi connectivity index (χ1v) is 9.12. The molecule has 3 aromatic carbocycles. The van der Waals surface area contributed by atoms with Crippen molar-refractivity contribution in [2.24, 2.45) is 0 Å². The maximum absolute atomic E-state index is 12.3. The van der Waals surface area contributed by atoms with Crippen LogP contribution >= 0.6 is 0 Å². The molecule has 28 heavy (non-hydrogen) atoms. The Bertz CT molecular complexity index is 1310. The largest absolute Gasteiger partial charge is 0.289 e. The Balaban J connectivity index is 1.53. The predicted octanol–water partition coefficient (Wildman–Crippen LogP) is 5.05. The fourth-order valence-electron chi connectivity index (χ4n) is 3.51. The van der Waals surface area contributed by atoms with E-state index in [1.165, 1.54) is 21.0 Å². The Labute approximate surface area is 161 Å². The number of rotatable bonds is 3. The van der Waals surface area contributed by atoms with Gasteiger partial charge in [0.25, 0.3) is 5.56 Å². The molecule has 4 nitrogen and oxygen atoms in total. The number of pyridine rings is 1. The lowest BCUT2D eigenvalue weighted by Gasteiger charge is -2.08. The summed E-state index contributed by atoms with van der Waals surface area (Å²) in [5.41, 5.74) is 3.93. The number of nitrogens with one attached hydrogen (secondary N) is 1. The van der Waals surface area contributed by atoms with Crippen molar-refractivity contribution < 1.29 is 0 Å². The zero-order valence-corrected chi connectivity index (χ0v) is 15.0. The van der Waals surface area contributed by atoms with Gasteiger partial charge in [0.15, 0.2) is 5.82 Å². The normalized spacial score (nSPS) is 11.0. The van der Waals surface area contributed by atoms with Crippen LogP contribution in [0.1, 0.15) is 0 Å². The first-order valence-electron chi connectivity index (χ1n) is 9.12. The summed E-state index contributed by atoms with van der Waals surface area (Å²) in [5.74, 6) is 0.575. The molecule has 134 valence electrons. The Kier molecular flexibility index (Phi) is 3.87. The molecule has 0 spiro atoms. The van der Waals surface area contributed by atoms with Gasteiger partial charge in [-0.1, -0.05) is 72.8 Å². The summed E-state index contributed by atoms with van der Waals surface area (Å²) < 4.78 is 1.45. The van der Waals surface area contributed by atoms with Crippen LogP contribution in [-0.2, 0) is 0 Å². The molecule has 4 heteroatoms. The number of aromatic nitrogens is 3. The van der Waals surface area contributed by atoms with Crippen LogP contribution in [0.3, 0.4) is 0 Å². The third-order valence-corrected chi connectivity index (χ3v) is 4.90. The number of hydrogen-bond donors (Lipinski definition) is 1. The molecule has 0 saturated heterocycles. The van der Waals surface area contributed by atoms with E-state index in [4.69, 9.17) is 0 Å². The standard InChI is InChI=1S/C24H17N3O/c28-24-16-22(26-27(24)23-10-3-4-15-25-23)19-13-11-18(12-14-19)21-9-5-7-17-6-1-2-8-20(17)21/h1-16,26H. The SMILES string of the molecule is O=c1cc(-c2ccc(-c3cccc4ccccc34)cc2)[nH]n1-c1ccccn1. The molecule has 0 amide bonds. The van der Waals surface area contributed by atoms with Crippen LogP contribution in [-0.4, -0.2) is 14.8 Å². The van der Waals surface area contributed by atoms with E-state index in [0.717, 1.165) is 16.8 Å². The number of benzene rings is 3. The number of aromatic amines is 1. The molecule has 5 rings (SSSR count). The van der Waals surface area contributed by atoms with Crippen LogP contribution in [0.2, 0.25) is 0 Å². The average molecular weight is 363 g/mol. The molecule has 1 N–H and O–H groups in total. The summed E-state index contributed by atoms with van der Waals surface area (Å²) >= 11 is 0. The second-order valence-electron chi connectivity index (χ2n) is 6.64. The van der Waals surface area contributed by atoms with Crippen molar-refractivity contribution >= 4 is 10.8 Å². The van der Waals surface area contributed by atoms with E-state index >= 15 is 0 Å². The van der Waals surface area contributed by atoms with E-state index in [-0.39, 0.29) is 5.56 Å². The number of fused-ring (bicyclic) bond motifs is 1. The van der Waals surface area contributed by atoms with Gasteiger partial charge in [-0.25, -0.2) is 9.67 Å². The van der Waals surface area contributed by atoms with Gasteiger partial charge in [0.05, 0.1) is 5.69 Å². The lowest BCUT2D eigenvalue weighted by atomic mass is 9.97. The second kappa shape index (κ2) is 6.67. The van der Waals surface area contributed by atoms with Crippen LogP contribution < -0.4 is 5.56 Å². The zero-order valence-electron chi connectivity index (χ0n) is 15.0. The van der Waals surface area contributed by atoms with Crippen molar-refractivity contribution in [3.05, 3.63) is 108 Å². The highest BCUT2D eigenvalue weighted by atomic mass is 16.1. The van der Waals surface area contributed by atoms with E-state index in [9.17, 15) is 4.79 Å². The molecule has 2 aromatic heterocycles. The van der Waals surface area contributed by atoms with Crippen LogP contribution in [0.25, 0.3) is 39.0 Å². The van der Waals surface area contributed by atoms with Gasteiger partial charge in [-0.3, -0.25) is 9.89 Å². The molecule has 0 aliphatic heterocycles. The maximum atomic E-state index is 12.3. The third kappa shape index (κ3) is 2.81.